The van der Waals surface area contributed by atoms with E-state index in [0.717, 1.165) is 22.7 Å². The average Bonchev–Trinajstić information content (AvgIpc) is 3.25. The van der Waals surface area contributed by atoms with Crippen LogP contribution in [0.1, 0.15) is 46.3 Å². The Morgan fingerprint density at radius 2 is 1.93 bits per heavy atom. The summed E-state index contributed by atoms with van der Waals surface area (Å²) in [5.41, 5.74) is 3.11. The largest absolute Gasteiger partial charge is 0.497 e. The van der Waals surface area contributed by atoms with Gasteiger partial charge in [-0.2, -0.15) is 5.10 Å². The molecule has 8 heteroatoms. The van der Waals surface area contributed by atoms with Gasteiger partial charge in [0.05, 0.1) is 18.8 Å². The van der Waals surface area contributed by atoms with Crippen molar-refractivity contribution in [2.75, 3.05) is 7.11 Å². The zero-order valence-corrected chi connectivity index (χ0v) is 16.6. The van der Waals surface area contributed by atoms with Gasteiger partial charge in [0.15, 0.2) is 12.3 Å². The van der Waals surface area contributed by atoms with Crippen LogP contribution in [0.15, 0.2) is 34.9 Å². The summed E-state index contributed by atoms with van der Waals surface area (Å²) in [4.78, 5) is 16.7. The van der Waals surface area contributed by atoms with Crippen LogP contribution >= 0.6 is 0 Å². The van der Waals surface area contributed by atoms with E-state index in [4.69, 9.17) is 13.9 Å². The lowest BCUT2D eigenvalue weighted by atomic mass is 10.1. The van der Waals surface area contributed by atoms with Crippen molar-refractivity contribution in [1.82, 2.24) is 20.1 Å². The number of aryl methyl sites for hydroxylation is 2. The highest BCUT2D eigenvalue weighted by molar-refractivity contribution is 5.92. The van der Waals surface area contributed by atoms with Gasteiger partial charge in [-0.05, 0) is 45.0 Å². The van der Waals surface area contributed by atoms with Crippen molar-refractivity contribution in [2.24, 2.45) is 7.05 Å². The van der Waals surface area contributed by atoms with Crippen molar-refractivity contribution >= 4 is 5.91 Å². The molecule has 0 aliphatic heterocycles. The second kappa shape index (κ2) is 8.16. The number of amides is 1. The number of benzene rings is 1. The van der Waals surface area contributed by atoms with E-state index in [0.29, 0.717) is 11.6 Å². The summed E-state index contributed by atoms with van der Waals surface area (Å²) in [6, 6.07) is 6.98. The van der Waals surface area contributed by atoms with Crippen molar-refractivity contribution < 1.29 is 18.7 Å². The number of hydrogen-bond donors (Lipinski definition) is 1. The SMILES string of the molecule is COc1ccc(OCc2nc(C(=O)N[C@@H](C)c3c(C)nn(C)c3C)co2)cc1. The smallest absolute Gasteiger partial charge is 0.273 e. The minimum absolute atomic E-state index is 0.121. The Morgan fingerprint density at radius 1 is 1.25 bits per heavy atom. The van der Waals surface area contributed by atoms with Crippen LogP contribution in [0.4, 0.5) is 0 Å². The van der Waals surface area contributed by atoms with Crippen LogP contribution in [0.25, 0.3) is 0 Å². The van der Waals surface area contributed by atoms with Gasteiger partial charge in [-0.3, -0.25) is 9.48 Å². The molecule has 0 bridgehead atoms. The first-order valence-corrected chi connectivity index (χ1v) is 8.91. The third kappa shape index (κ3) is 4.16. The van der Waals surface area contributed by atoms with Gasteiger partial charge in [0.25, 0.3) is 5.91 Å². The summed E-state index contributed by atoms with van der Waals surface area (Å²) in [6.45, 7) is 5.94. The highest BCUT2D eigenvalue weighted by atomic mass is 16.5. The molecule has 1 amide bonds. The first-order chi connectivity index (χ1) is 13.4. The Kier molecular flexibility index (Phi) is 5.67. The minimum Gasteiger partial charge on any atom is -0.497 e. The number of ether oxygens (including phenoxy) is 2. The lowest BCUT2D eigenvalue weighted by Gasteiger charge is -2.13. The molecule has 3 aromatic rings. The first kappa shape index (κ1) is 19.5. The molecule has 0 aliphatic carbocycles. The Bertz CT molecular complexity index is 959. The third-order valence-corrected chi connectivity index (χ3v) is 4.55. The number of nitrogens with zero attached hydrogens (tertiary/aromatic N) is 3. The fourth-order valence-corrected chi connectivity index (χ4v) is 3.06. The van der Waals surface area contributed by atoms with Crippen molar-refractivity contribution in [2.45, 2.75) is 33.4 Å². The van der Waals surface area contributed by atoms with Crippen LogP contribution in [-0.4, -0.2) is 27.8 Å². The van der Waals surface area contributed by atoms with E-state index < -0.39 is 0 Å². The first-order valence-electron chi connectivity index (χ1n) is 8.91. The third-order valence-electron chi connectivity index (χ3n) is 4.55. The molecule has 1 atom stereocenters. The van der Waals surface area contributed by atoms with Crippen molar-refractivity contribution in [3.8, 4) is 11.5 Å². The Balaban J connectivity index is 1.60. The van der Waals surface area contributed by atoms with Crippen LogP contribution in [0.2, 0.25) is 0 Å². The molecule has 28 heavy (non-hydrogen) atoms. The Morgan fingerprint density at radius 3 is 2.54 bits per heavy atom. The van der Waals surface area contributed by atoms with Gasteiger partial charge < -0.3 is 19.2 Å². The maximum atomic E-state index is 12.5. The molecule has 3 rings (SSSR count). The van der Waals surface area contributed by atoms with Crippen molar-refractivity contribution in [3.63, 3.8) is 0 Å². The minimum atomic E-state index is -0.311. The molecule has 2 heterocycles. The lowest BCUT2D eigenvalue weighted by molar-refractivity contribution is 0.0934. The van der Waals surface area contributed by atoms with E-state index >= 15 is 0 Å². The molecule has 0 radical (unpaired) electrons. The number of hydrogen-bond acceptors (Lipinski definition) is 6. The molecular formula is C20H24N4O4. The zero-order valence-electron chi connectivity index (χ0n) is 16.6. The number of oxazole rings is 1. The van der Waals surface area contributed by atoms with Gasteiger partial charge in [0.1, 0.15) is 17.8 Å². The fourth-order valence-electron chi connectivity index (χ4n) is 3.06. The maximum absolute atomic E-state index is 12.5. The number of nitrogens with one attached hydrogen (secondary N) is 1. The number of carbonyl (C=O) groups is 1. The Labute approximate surface area is 163 Å². The summed E-state index contributed by atoms with van der Waals surface area (Å²) in [5, 5.41) is 7.32. The van der Waals surface area contributed by atoms with Gasteiger partial charge in [-0.25, -0.2) is 4.98 Å². The quantitative estimate of drug-likeness (QED) is 0.673. The summed E-state index contributed by atoms with van der Waals surface area (Å²) in [5.74, 6) is 1.41. The predicted octanol–water partition coefficient (Wildman–Crippen LogP) is 3.10. The van der Waals surface area contributed by atoms with E-state index in [2.05, 4.69) is 15.4 Å². The van der Waals surface area contributed by atoms with Gasteiger partial charge in [-0.15, -0.1) is 0 Å². The standard InChI is InChI=1S/C20H24N4O4/c1-12(19-13(2)23-24(4)14(19)3)21-20(25)17-10-28-18(22-17)11-27-16-8-6-15(26-5)7-9-16/h6-10,12H,11H2,1-5H3,(H,21,25)/t12-/m0/s1. The van der Waals surface area contributed by atoms with Crippen LogP contribution in [0.3, 0.4) is 0 Å². The van der Waals surface area contributed by atoms with E-state index in [1.165, 1.54) is 6.26 Å². The van der Waals surface area contributed by atoms with Crippen LogP contribution < -0.4 is 14.8 Å². The summed E-state index contributed by atoms with van der Waals surface area (Å²) < 4.78 is 17.9. The molecule has 1 N–H and O–H groups in total. The number of rotatable bonds is 7. The lowest BCUT2D eigenvalue weighted by Crippen LogP contribution is -2.27. The molecule has 0 aliphatic rings. The topological polar surface area (TPSA) is 91.4 Å². The van der Waals surface area contributed by atoms with E-state index in [1.54, 1.807) is 36.1 Å². The molecule has 148 valence electrons. The average molecular weight is 384 g/mol. The van der Waals surface area contributed by atoms with Gasteiger partial charge in [0.2, 0.25) is 5.89 Å². The van der Waals surface area contributed by atoms with Gasteiger partial charge >= 0.3 is 0 Å². The molecule has 2 aromatic heterocycles. The van der Waals surface area contributed by atoms with Crippen LogP contribution in [0, 0.1) is 13.8 Å². The molecular weight excluding hydrogens is 360 g/mol. The zero-order chi connectivity index (χ0) is 20.3. The molecule has 0 spiro atoms. The number of aromatic nitrogens is 3. The van der Waals surface area contributed by atoms with Gasteiger partial charge in [-0.1, -0.05) is 0 Å². The summed E-state index contributed by atoms with van der Waals surface area (Å²) in [6.07, 6.45) is 1.33. The van der Waals surface area contributed by atoms with E-state index in [9.17, 15) is 4.79 Å². The second-order valence-electron chi connectivity index (χ2n) is 6.49. The molecule has 0 saturated carbocycles. The monoisotopic (exact) mass is 384 g/mol. The Hall–Kier alpha value is -3.29. The second-order valence-corrected chi connectivity index (χ2v) is 6.49. The fraction of sp³-hybridized carbons (Fsp3) is 0.350. The highest BCUT2D eigenvalue weighted by Crippen LogP contribution is 2.21. The number of methoxy groups -OCH3 is 1. The molecule has 0 saturated heterocycles. The van der Waals surface area contributed by atoms with Crippen LogP contribution in [0.5, 0.6) is 11.5 Å². The maximum Gasteiger partial charge on any atom is 0.273 e. The van der Waals surface area contributed by atoms with Crippen LogP contribution in [-0.2, 0) is 13.7 Å². The number of carbonyl (C=O) groups excluding carboxylic acids is 1. The van der Waals surface area contributed by atoms with Crippen molar-refractivity contribution in [3.05, 3.63) is 59.1 Å². The van der Waals surface area contributed by atoms with E-state index in [-0.39, 0.29) is 24.2 Å². The highest BCUT2D eigenvalue weighted by Gasteiger charge is 2.20. The molecule has 8 nitrogen and oxygen atoms in total. The molecule has 0 unspecified atom stereocenters. The summed E-state index contributed by atoms with van der Waals surface area (Å²) in [7, 11) is 3.49. The molecule has 0 fully saturated rings. The van der Waals surface area contributed by atoms with Gasteiger partial charge in [0, 0.05) is 18.3 Å². The molecule has 1 aromatic carbocycles. The van der Waals surface area contributed by atoms with Crippen molar-refractivity contribution in [1.29, 1.82) is 0 Å². The van der Waals surface area contributed by atoms with E-state index in [1.807, 2.05) is 27.8 Å². The summed E-state index contributed by atoms with van der Waals surface area (Å²) >= 11 is 0. The predicted molar refractivity (Wildman–Crippen MR) is 102 cm³/mol. The normalized spacial score (nSPS) is 11.9.